The zero-order valence-corrected chi connectivity index (χ0v) is 16.4. The smallest absolute Gasteiger partial charge is 0.257 e. The van der Waals surface area contributed by atoms with Gasteiger partial charge in [0.15, 0.2) is 6.61 Å². The first-order valence-corrected chi connectivity index (χ1v) is 9.35. The highest BCUT2D eigenvalue weighted by atomic mass is 19.1. The van der Waals surface area contributed by atoms with Gasteiger partial charge in [0.25, 0.3) is 5.91 Å². The highest BCUT2D eigenvalue weighted by Gasteiger charge is 2.62. The molecule has 3 rings (SSSR count). The van der Waals surface area contributed by atoms with Gasteiger partial charge in [-0.1, -0.05) is 19.9 Å². The van der Waals surface area contributed by atoms with Crippen LogP contribution in [0, 0.1) is 17.0 Å². The van der Waals surface area contributed by atoms with E-state index in [9.17, 15) is 13.6 Å². The van der Waals surface area contributed by atoms with Gasteiger partial charge >= 0.3 is 0 Å². The number of halogens is 2. The highest BCUT2D eigenvalue weighted by molar-refractivity contribution is 5.77. The summed E-state index contributed by atoms with van der Waals surface area (Å²) in [5, 5.41) is 2.83. The number of rotatable bonds is 8. The lowest BCUT2D eigenvalue weighted by molar-refractivity contribution is -0.123. The minimum Gasteiger partial charge on any atom is -0.494 e. The van der Waals surface area contributed by atoms with E-state index in [0.717, 1.165) is 11.8 Å². The van der Waals surface area contributed by atoms with Crippen molar-refractivity contribution in [2.45, 2.75) is 32.6 Å². The highest BCUT2D eigenvalue weighted by Crippen LogP contribution is 2.64. The SMILES string of the molecule is CCOc1ccc(OCC(=O)NCC2(c3ccc(F)cc3F)CC2(C)C)cc1. The normalized spacial score (nSPS) is 19.8. The lowest BCUT2D eigenvalue weighted by Crippen LogP contribution is -2.37. The summed E-state index contributed by atoms with van der Waals surface area (Å²) in [7, 11) is 0. The topological polar surface area (TPSA) is 47.6 Å². The minimum absolute atomic E-state index is 0.142. The molecule has 4 nitrogen and oxygen atoms in total. The molecule has 1 aliphatic rings. The molecule has 0 saturated heterocycles. The molecule has 0 aliphatic heterocycles. The average molecular weight is 389 g/mol. The Morgan fingerprint density at radius 2 is 1.68 bits per heavy atom. The van der Waals surface area contributed by atoms with E-state index in [-0.39, 0.29) is 24.5 Å². The third-order valence-electron chi connectivity index (χ3n) is 5.45. The molecule has 1 unspecified atom stereocenters. The molecular weight excluding hydrogens is 364 g/mol. The van der Waals surface area contributed by atoms with Crippen LogP contribution < -0.4 is 14.8 Å². The molecule has 1 fully saturated rings. The van der Waals surface area contributed by atoms with E-state index >= 15 is 0 Å². The second kappa shape index (κ2) is 7.78. The van der Waals surface area contributed by atoms with Crippen LogP contribution in [-0.2, 0) is 10.2 Å². The van der Waals surface area contributed by atoms with E-state index in [2.05, 4.69) is 5.32 Å². The molecule has 1 aliphatic carbocycles. The number of carbonyl (C=O) groups is 1. The summed E-state index contributed by atoms with van der Waals surface area (Å²) < 4.78 is 38.4. The summed E-state index contributed by atoms with van der Waals surface area (Å²) in [6.07, 6.45) is 0.711. The Morgan fingerprint density at radius 3 is 2.21 bits per heavy atom. The standard InChI is InChI=1S/C22H25F2NO3/c1-4-27-16-6-8-17(9-7-16)28-12-20(26)25-14-22(13-21(22,2)3)18-10-5-15(23)11-19(18)24/h5-11H,4,12-14H2,1-3H3,(H,25,26). The van der Waals surface area contributed by atoms with E-state index < -0.39 is 17.0 Å². The van der Waals surface area contributed by atoms with Crippen LogP contribution in [0.3, 0.4) is 0 Å². The van der Waals surface area contributed by atoms with E-state index in [1.165, 1.54) is 12.1 Å². The van der Waals surface area contributed by atoms with Gasteiger partial charge in [0.1, 0.15) is 23.1 Å². The van der Waals surface area contributed by atoms with E-state index in [1.54, 1.807) is 24.3 Å². The molecule has 0 heterocycles. The quantitative estimate of drug-likeness (QED) is 0.735. The van der Waals surface area contributed by atoms with Crippen LogP contribution >= 0.6 is 0 Å². The Kier molecular flexibility index (Phi) is 5.59. The molecule has 1 N–H and O–H groups in total. The average Bonchev–Trinajstić information content (AvgIpc) is 3.21. The first-order valence-electron chi connectivity index (χ1n) is 9.35. The van der Waals surface area contributed by atoms with Gasteiger partial charge in [-0.25, -0.2) is 8.78 Å². The molecule has 1 atom stereocenters. The molecule has 150 valence electrons. The van der Waals surface area contributed by atoms with Crippen LogP contribution in [-0.4, -0.2) is 25.7 Å². The lowest BCUT2D eigenvalue weighted by atomic mass is 9.87. The van der Waals surface area contributed by atoms with Crippen LogP contribution in [0.1, 0.15) is 32.8 Å². The van der Waals surface area contributed by atoms with E-state index in [0.29, 0.717) is 24.3 Å². The van der Waals surface area contributed by atoms with Crippen molar-refractivity contribution in [1.82, 2.24) is 5.32 Å². The number of benzene rings is 2. The fourth-order valence-corrected chi connectivity index (χ4v) is 3.69. The number of amides is 1. The Bertz CT molecular complexity index is 851. The largest absolute Gasteiger partial charge is 0.494 e. The van der Waals surface area contributed by atoms with Crippen molar-refractivity contribution in [3.63, 3.8) is 0 Å². The summed E-state index contributed by atoms with van der Waals surface area (Å²) >= 11 is 0. The van der Waals surface area contributed by atoms with Crippen molar-refractivity contribution in [2.24, 2.45) is 5.41 Å². The summed E-state index contributed by atoms with van der Waals surface area (Å²) in [5.41, 5.74) is -0.291. The van der Waals surface area contributed by atoms with Gasteiger partial charge in [-0.15, -0.1) is 0 Å². The van der Waals surface area contributed by atoms with Crippen molar-refractivity contribution < 1.29 is 23.0 Å². The van der Waals surface area contributed by atoms with Gasteiger partial charge in [-0.05, 0) is 54.7 Å². The maximum Gasteiger partial charge on any atom is 0.257 e. The third kappa shape index (κ3) is 4.11. The summed E-state index contributed by atoms with van der Waals surface area (Å²) in [6.45, 7) is 6.64. The van der Waals surface area contributed by atoms with E-state index in [1.807, 2.05) is 20.8 Å². The third-order valence-corrected chi connectivity index (χ3v) is 5.45. The first kappa shape index (κ1) is 20.1. The predicted octanol–water partition coefficient (Wildman–Crippen LogP) is 4.23. The number of nitrogens with one attached hydrogen (secondary N) is 1. The second-order valence-electron chi connectivity index (χ2n) is 7.74. The van der Waals surface area contributed by atoms with Gasteiger partial charge in [0.2, 0.25) is 0 Å². The number of hydrogen-bond acceptors (Lipinski definition) is 3. The van der Waals surface area contributed by atoms with Gasteiger partial charge in [-0.2, -0.15) is 0 Å². The molecule has 2 aromatic carbocycles. The molecule has 0 spiro atoms. The van der Waals surface area contributed by atoms with Gasteiger partial charge in [-0.3, -0.25) is 4.79 Å². The molecule has 28 heavy (non-hydrogen) atoms. The monoisotopic (exact) mass is 389 g/mol. The molecule has 6 heteroatoms. The van der Waals surface area contributed by atoms with Crippen LogP contribution in [0.5, 0.6) is 11.5 Å². The van der Waals surface area contributed by atoms with Crippen LogP contribution in [0.4, 0.5) is 8.78 Å². The number of hydrogen-bond donors (Lipinski definition) is 1. The Labute approximate surface area is 163 Å². The summed E-state index contributed by atoms with van der Waals surface area (Å²) in [4.78, 5) is 12.2. The van der Waals surface area contributed by atoms with Crippen molar-refractivity contribution in [2.75, 3.05) is 19.8 Å². The second-order valence-corrected chi connectivity index (χ2v) is 7.74. The fourth-order valence-electron chi connectivity index (χ4n) is 3.69. The zero-order chi connectivity index (χ0) is 20.4. The van der Waals surface area contributed by atoms with Crippen molar-refractivity contribution >= 4 is 5.91 Å². The predicted molar refractivity (Wildman–Crippen MR) is 103 cm³/mol. The number of carbonyl (C=O) groups excluding carboxylic acids is 1. The number of ether oxygens (including phenoxy) is 2. The Balaban J connectivity index is 1.58. The Hall–Kier alpha value is -2.63. The molecule has 1 saturated carbocycles. The van der Waals surface area contributed by atoms with Crippen LogP contribution in [0.15, 0.2) is 42.5 Å². The lowest BCUT2D eigenvalue weighted by Gasteiger charge is -2.22. The zero-order valence-electron chi connectivity index (χ0n) is 16.4. The van der Waals surface area contributed by atoms with Crippen LogP contribution in [0.2, 0.25) is 0 Å². The summed E-state index contributed by atoms with van der Waals surface area (Å²) in [6, 6.07) is 10.6. The van der Waals surface area contributed by atoms with Crippen molar-refractivity contribution in [3.05, 3.63) is 59.7 Å². The van der Waals surface area contributed by atoms with Crippen molar-refractivity contribution in [1.29, 1.82) is 0 Å². The van der Waals surface area contributed by atoms with Crippen LogP contribution in [0.25, 0.3) is 0 Å². The van der Waals surface area contributed by atoms with Crippen molar-refractivity contribution in [3.8, 4) is 11.5 Å². The Morgan fingerprint density at radius 1 is 1.07 bits per heavy atom. The summed E-state index contributed by atoms with van der Waals surface area (Å²) in [5.74, 6) is -0.185. The molecular formula is C22H25F2NO3. The molecule has 0 aromatic heterocycles. The fraction of sp³-hybridized carbons (Fsp3) is 0.409. The maximum atomic E-state index is 14.3. The maximum absolute atomic E-state index is 14.3. The molecule has 1 amide bonds. The van der Waals surface area contributed by atoms with Gasteiger partial charge in [0, 0.05) is 18.0 Å². The van der Waals surface area contributed by atoms with E-state index in [4.69, 9.17) is 9.47 Å². The van der Waals surface area contributed by atoms with Gasteiger partial charge in [0.05, 0.1) is 6.61 Å². The van der Waals surface area contributed by atoms with Gasteiger partial charge < -0.3 is 14.8 Å². The molecule has 2 aromatic rings. The first-order chi connectivity index (χ1) is 13.3. The minimum atomic E-state index is -0.609. The molecule has 0 radical (unpaired) electrons. The molecule has 0 bridgehead atoms.